The van der Waals surface area contributed by atoms with E-state index >= 15 is 0 Å². The molecule has 9 heteroatoms. The van der Waals surface area contributed by atoms with E-state index in [1.54, 1.807) is 23.7 Å². The molecular weight excluding hydrogens is 396 g/mol. The molecule has 1 aromatic carbocycles. The van der Waals surface area contributed by atoms with Gasteiger partial charge in [-0.1, -0.05) is 6.07 Å². The van der Waals surface area contributed by atoms with Crippen LogP contribution in [0, 0.1) is 27.7 Å². The molecule has 0 atom stereocenters. The fourth-order valence-corrected chi connectivity index (χ4v) is 3.50. The summed E-state index contributed by atoms with van der Waals surface area (Å²) in [5, 5.41) is 16.7. The third kappa shape index (κ3) is 3.61. The van der Waals surface area contributed by atoms with Crippen molar-refractivity contribution in [1.29, 1.82) is 0 Å². The van der Waals surface area contributed by atoms with Gasteiger partial charge in [-0.15, -0.1) is 0 Å². The minimum absolute atomic E-state index is 0.158. The fraction of sp³-hybridized carbons (Fsp3) is 0.182. The summed E-state index contributed by atoms with van der Waals surface area (Å²) in [5.41, 5.74) is 8.10. The highest BCUT2D eigenvalue weighted by molar-refractivity contribution is 6.01. The van der Waals surface area contributed by atoms with Crippen molar-refractivity contribution in [1.82, 2.24) is 19.3 Å². The highest BCUT2D eigenvalue weighted by Crippen LogP contribution is 2.27. The molecule has 0 aliphatic carbocycles. The molecule has 158 valence electrons. The summed E-state index contributed by atoms with van der Waals surface area (Å²) in [6, 6.07) is 9.21. The van der Waals surface area contributed by atoms with E-state index in [9.17, 15) is 14.7 Å². The van der Waals surface area contributed by atoms with Crippen LogP contribution >= 0.6 is 0 Å². The van der Waals surface area contributed by atoms with Crippen LogP contribution in [0.5, 0.6) is 0 Å². The first-order valence-electron chi connectivity index (χ1n) is 9.66. The number of hydrogen-bond donors (Lipinski definition) is 3. The number of amides is 1. The second-order valence-corrected chi connectivity index (χ2v) is 7.42. The van der Waals surface area contributed by atoms with Crippen molar-refractivity contribution in [3.8, 4) is 0 Å². The van der Waals surface area contributed by atoms with Crippen LogP contribution in [-0.4, -0.2) is 36.3 Å². The molecule has 0 spiro atoms. The monoisotopic (exact) mass is 418 g/mol. The first kappa shape index (κ1) is 20.1. The van der Waals surface area contributed by atoms with Crippen molar-refractivity contribution >= 4 is 28.9 Å². The van der Waals surface area contributed by atoms with Crippen LogP contribution in [0.4, 0.5) is 11.5 Å². The average Bonchev–Trinajstić information content (AvgIpc) is 3.24. The Morgan fingerprint density at radius 3 is 2.42 bits per heavy atom. The third-order valence-electron chi connectivity index (χ3n) is 5.29. The molecule has 0 aliphatic rings. The predicted octanol–water partition coefficient (Wildman–Crippen LogP) is 3.59. The summed E-state index contributed by atoms with van der Waals surface area (Å²) in [7, 11) is 0. The minimum atomic E-state index is -1.03. The quantitative estimate of drug-likeness (QED) is 0.456. The van der Waals surface area contributed by atoms with Crippen LogP contribution in [0.25, 0.3) is 5.52 Å². The number of carbonyl (C=O) groups excluding carboxylic acids is 1. The molecule has 0 saturated heterocycles. The Morgan fingerprint density at radius 1 is 1.03 bits per heavy atom. The Hall–Kier alpha value is -4.14. The molecule has 3 N–H and O–H groups in total. The number of nitrogens with one attached hydrogen (secondary N) is 2. The molecule has 9 nitrogen and oxygen atoms in total. The largest absolute Gasteiger partial charge is 0.478 e. The lowest BCUT2D eigenvalue weighted by atomic mass is 10.1. The lowest BCUT2D eigenvalue weighted by molar-refractivity contribution is 0.0696. The maximum absolute atomic E-state index is 12.8. The van der Waals surface area contributed by atoms with Gasteiger partial charge in [0.25, 0.3) is 5.91 Å². The lowest BCUT2D eigenvalue weighted by Gasteiger charge is -2.14. The highest BCUT2D eigenvalue weighted by atomic mass is 16.4. The maximum Gasteiger partial charge on any atom is 0.337 e. The van der Waals surface area contributed by atoms with Crippen LogP contribution < -0.4 is 10.7 Å². The van der Waals surface area contributed by atoms with Gasteiger partial charge in [0.1, 0.15) is 11.8 Å². The second-order valence-electron chi connectivity index (χ2n) is 7.42. The van der Waals surface area contributed by atoms with Gasteiger partial charge in [-0.2, -0.15) is 5.10 Å². The Kier molecular flexibility index (Phi) is 4.94. The molecule has 0 aliphatic heterocycles. The zero-order chi connectivity index (χ0) is 22.3. The lowest BCUT2D eigenvalue weighted by Crippen LogP contribution is -2.24. The number of carboxylic acids is 1. The number of nitrogens with zero attached hydrogens (tertiary/aromatic N) is 4. The number of aromatic carboxylic acids is 1. The van der Waals surface area contributed by atoms with Crippen LogP contribution in [0.2, 0.25) is 0 Å². The number of hydrogen-bond acceptors (Lipinski definition) is 5. The second kappa shape index (κ2) is 7.60. The molecule has 0 saturated carbocycles. The van der Waals surface area contributed by atoms with Crippen molar-refractivity contribution in [3.63, 3.8) is 0 Å². The van der Waals surface area contributed by atoms with Gasteiger partial charge in [0, 0.05) is 28.8 Å². The number of carbonyl (C=O) groups is 2. The number of rotatable bonds is 5. The van der Waals surface area contributed by atoms with Crippen molar-refractivity contribution in [2.24, 2.45) is 0 Å². The molecule has 0 fully saturated rings. The van der Waals surface area contributed by atoms with Gasteiger partial charge in [-0.05, 0) is 63.1 Å². The van der Waals surface area contributed by atoms with E-state index in [-0.39, 0.29) is 11.5 Å². The summed E-state index contributed by atoms with van der Waals surface area (Å²) in [4.78, 5) is 28.6. The van der Waals surface area contributed by atoms with Gasteiger partial charge < -0.3 is 10.4 Å². The normalized spacial score (nSPS) is 11.0. The third-order valence-corrected chi connectivity index (χ3v) is 5.29. The number of fused-ring (bicyclic) bond motifs is 1. The van der Waals surface area contributed by atoms with E-state index in [0.29, 0.717) is 28.1 Å². The highest BCUT2D eigenvalue weighted by Gasteiger charge is 2.18. The molecule has 1 amide bonds. The Morgan fingerprint density at radius 2 is 1.74 bits per heavy atom. The minimum Gasteiger partial charge on any atom is -0.478 e. The molecule has 0 bridgehead atoms. The van der Waals surface area contributed by atoms with E-state index < -0.39 is 5.97 Å². The Labute approximate surface area is 178 Å². The van der Waals surface area contributed by atoms with Crippen LogP contribution in [0.3, 0.4) is 0 Å². The molecular formula is C22H22N6O3. The number of carboxylic acid groups (broad SMARTS) is 1. The van der Waals surface area contributed by atoms with Crippen LogP contribution in [0.1, 0.15) is 43.2 Å². The SMILES string of the molecule is Cc1ccc(C(=O)Nn2c(C)ccc2C)cc1Nc1ncnn2cc(C(=O)O)c(C)c12. The maximum atomic E-state index is 12.8. The Balaban J connectivity index is 1.69. The van der Waals surface area contributed by atoms with E-state index in [1.165, 1.54) is 17.0 Å². The van der Waals surface area contributed by atoms with Gasteiger partial charge in [0.05, 0.1) is 5.56 Å². The zero-order valence-electron chi connectivity index (χ0n) is 17.6. The van der Waals surface area contributed by atoms with E-state index in [4.69, 9.17) is 0 Å². The van der Waals surface area contributed by atoms with E-state index in [1.807, 2.05) is 39.0 Å². The zero-order valence-corrected chi connectivity index (χ0v) is 17.6. The molecule has 4 rings (SSSR count). The van der Waals surface area contributed by atoms with Gasteiger partial charge in [-0.3, -0.25) is 14.9 Å². The fourth-order valence-electron chi connectivity index (χ4n) is 3.50. The van der Waals surface area contributed by atoms with Crippen molar-refractivity contribution < 1.29 is 14.7 Å². The van der Waals surface area contributed by atoms with Gasteiger partial charge in [-0.25, -0.2) is 14.3 Å². The summed E-state index contributed by atoms with van der Waals surface area (Å²) in [6.07, 6.45) is 2.81. The molecule has 4 aromatic rings. The average molecular weight is 418 g/mol. The van der Waals surface area contributed by atoms with Gasteiger partial charge in [0.2, 0.25) is 0 Å². The first-order chi connectivity index (χ1) is 14.8. The smallest absolute Gasteiger partial charge is 0.337 e. The van der Waals surface area contributed by atoms with Crippen molar-refractivity contribution in [2.75, 3.05) is 10.7 Å². The molecule has 0 radical (unpaired) electrons. The van der Waals surface area contributed by atoms with Crippen LogP contribution in [-0.2, 0) is 0 Å². The summed E-state index contributed by atoms with van der Waals surface area (Å²) < 4.78 is 3.22. The standard InChI is InChI=1S/C22H22N6O3/c1-12-5-8-16(21(29)26-28-13(2)6-7-14(28)3)9-18(12)25-20-19-15(4)17(22(30)31)10-27(19)24-11-23-20/h5-11H,1-4H3,(H,26,29)(H,30,31)(H,23,24,25). The molecule has 31 heavy (non-hydrogen) atoms. The topological polar surface area (TPSA) is 114 Å². The van der Waals surface area contributed by atoms with E-state index in [2.05, 4.69) is 20.8 Å². The molecule has 3 aromatic heterocycles. The van der Waals surface area contributed by atoms with Gasteiger partial charge >= 0.3 is 5.97 Å². The van der Waals surface area contributed by atoms with Crippen LogP contribution in [0.15, 0.2) is 42.9 Å². The first-order valence-corrected chi connectivity index (χ1v) is 9.66. The summed E-state index contributed by atoms with van der Waals surface area (Å²) >= 11 is 0. The predicted molar refractivity (Wildman–Crippen MR) is 117 cm³/mol. The number of aromatic nitrogens is 4. The number of anilines is 2. The van der Waals surface area contributed by atoms with E-state index in [0.717, 1.165) is 17.0 Å². The summed E-state index contributed by atoms with van der Waals surface area (Å²) in [6.45, 7) is 7.46. The molecule has 3 heterocycles. The number of aryl methyl sites for hydroxylation is 4. The summed E-state index contributed by atoms with van der Waals surface area (Å²) in [5.74, 6) is -0.817. The molecule has 0 unspecified atom stereocenters. The number of benzene rings is 1. The van der Waals surface area contributed by atoms with Gasteiger partial charge in [0.15, 0.2) is 5.82 Å². The Bertz CT molecular complexity index is 1320. The van der Waals surface area contributed by atoms with Crippen molar-refractivity contribution in [3.05, 3.63) is 76.5 Å². The van der Waals surface area contributed by atoms with Crippen molar-refractivity contribution in [2.45, 2.75) is 27.7 Å².